The highest BCUT2D eigenvalue weighted by Gasteiger charge is 2.49. The SMILES string of the molecule is Cc1c(O)cccc1C(=O)N1CCN(C(=O)N(C)C)[C@H]2CS(=O)(=O)C[C@H]21. The highest BCUT2D eigenvalue weighted by Crippen LogP contribution is 2.30. The maximum Gasteiger partial charge on any atom is 0.319 e. The van der Waals surface area contributed by atoms with Crippen LogP contribution in [0.5, 0.6) is 5.75 Å². The summed E-state index contributed by atoms with van der Waals surface area (Å²) in [7, 11) is -0.105. The van der Waals surface area contributed by atoms with Crippen molar-refractivity contribution in [1.82, 2.24) is 14.7 Å². The number of amides is 3. The molecule has 2 fully saturated rings. The maximum absolute atomic E-state index is 13.0. The summed E-state index contributed by atoms with van der Waals surface area (Å²) in [6.07, 6.45) is 0. The van der Waals surface area contributed by atoms with Crippen molar-refractivity contribution in [3.63, 3.8) is 0 Å². The Kier molecular flexibility index (Phi) is 4.60. The number of nitrogens with zero attached hydrogens (tertiary/aromatic N) is 3. The zero-order valence-electron chi connectivity index (χ0n) is 15.0. The van der Waals surface area contributed by atoms with Crippen LogP contribution in [0.15, 0.2) is 18.2 Å². The van der Waals surface area contributed by atoms with E-state index in [0.717, 1.165) is 0 Å². The van der Waals surface area contributed by atoms with E-state index in [1.54, 1.807) is 38.1 Å². The first-order valence-corrected chi connectivity index (χ1v) is 10.2. The minimum absolute atomic E-state index is 0.0212. The summed E-state index contributed by atoms with van der Waals surface area (Å²) in [6, 6.07) is 3.33. The Morgan fingerprint density at radius 2 is 1.69 bits per heavy atom. The minimum Gasteiger partial charge on any atom is -0.508 e. The first-order valence-electron chi connectivity index (χ1n) is 8.40. The third kappa shape index (κ3) is 3.11. The van der Waals surface area contributed by atoms with Crippen molar-refractivity contribution < 1.29 is 23.1 Å². The molecule has 0 aromatic heterocycles. The summed E-state index contributed by atoms with van der Waals surface area (Å²) in [5.74, 6) is -0.589. The van der Waals surface area contributed by atoms with E-state index in [-0.39, 0.29) is 42.3 Å². The molecule has 26 heavy (non-hydrogen) atoms. The largest absolute Gasteiger partial charge is 0.508 e. The normalized spacial score (nSPS) is 24.3. The molecular weight excluding hydrogens is 358 g/mol. The summed E-state index contributed by atoms with van der Waals surface area (Å²) in [4.78, 5) is 30.0. The summed E-state index contributed by atoms with van der Waals surface area (Å²) in [6.45, 7) is 2.18. The van der Waals surface area contributed by atoms with Crippen LogP contribution in [0.2, 0.25) is 0 Å². The lowest BCUT2D eigenvalue weighted by Crippen LogP contribution is -2.63. The molecule has 0 spiro atoms. The number of carbonyl (C=O) groups is 2. The third-order valence-electron chi connectivity index (χ3n) is 5.10. The van der Waals surface area contributed by atoms with Gasteiger partial charge in [0.05, 0.1) is 23.6 Å². The molecule has 142 valence electrons. The molecular formula is C17H23N3O5S. The van der Waals surface area contributed by atoms with Gasteiger partial charge < -0.3 is 19.8 Å². The highest BCUT2D eigenvalue weighted by atomic mass is 32.2. The van der Waals surface area contributed by atoms with Gasteiger partial charge in [0.25, 0.3) is 5.91 Å². The Morgan fingerprint density at radius 3 is 2.31 bits per heavy atom. The summed E-state index contributed by atoms with van der Waals surface area (Å²) < 4.78 is 24.5. The Hall–Kier alpha value is -2.29. The van der Waals surface area contributed by atoms with E-state index >= 15 is 0 Å². The predicted octanol–water partition coefficient (Wildman–Crippen LogP) is 0.306. The van der Waals surface area contributed by atoms with Crippen LogP contribution in [0.4, 0.5) is 4.79 Å². The van der Waals surface area contributed by atoms with Gasteiger partial charge >= 0.3 is 6.03 Å². The second-order valence-corrected chi connectivity index (χ2v) is 9.18. The number of aromatic hydroxyl groups is 1. The van der Waals surface area contributed by atoms with E-state index in [4.69, 9.17) is 0 Å². The molecule has 3 rings (SSSR count). The van der Waals surface area contributed by atoms with Gasteiger partial charge in [-0.15, -0.1) is 0 Å². The number of phenols is 1. The number of fused-ring (bicyclic) bond motifs is 1. The van der Waals surface area contributed by atoms with Crippen molar-refractivity contribution in [2.24, 2.45) is 0 Å². The Labute approximate surface area is 152 Å². The number of piperazine rings is 1. The molecule has 1 aromatic rings. The molecule has 2 atom stereocenters. The van der Waals surface area contributed by atoms with Gasteiger partial charge in [0.2, 0.25) is 0 Å². The van der Waals surface area contributed by atoms with E-state index < -0.39 is 21.9 Å². The Balaban J connectivity index is 1.94. The van der Waals surface area contributed by atoms with Crippen molar-refractivity contribution >= 4 is 21.8 Å². The number of carbonyl (C=O) groups excluding carboxylic acids is 2. The number of rotatable bonds is 1. The molecule has 1 N–H and O–H groups in total. The van der Waals surface area contributed by atoms with Gasteiger partial charge in [-0.1, -0.05) is 6.07 Å². The molecule has 2 saturated heterocycles. The summed E-state index contributed by atoms with van der Waals surface area (Å²) >= 11 is 0. The maximum atomic E-state index is 13.0. The highest BCUT2D eigenvalue weighted by molar-refractivity contribution is 7.91. The number of sulfone groups is 1. The van der Waals surface area contributed by atoms with Crippen molar-refractivity contribution in [2.45, 2.75) is 19.0 Å². The lowest BCUT2D eigenvalue weighted by atomic mass is 10.0. The number of phenolic OH excluding ortho intramolecular Hbond substituents is 1. The topological polar surface area (TPSA) is 98.2 Å². The van der Waals surface area contributed by atoms with Crippen LogP contribution in [-0.2, 0) is 9.84 Å². The fraction of sp³-hybridized carbons (Fsp3) is 0.529. The van der Waals surface area contributed by atoms with E-state index in [2.05, 4.69) is 0 Å². The average Bonchev–Trinajstić information content (AvgIpc) is 2.90. The molecule has 2 heterocycles. The first-order chi connectivity index (χ1) is 12.1. The third-order valence-corrected chi connectivity index (χ3v) is 6.80. The second kappa shape index (κ2) is 6.46. The van der Waals surface area contributed by atoms with E-state index in [0.29, 0.717) is 11.1 Å². The monoisotopic (exact) mass is 381 g/mol. The number of hydrogen-bond acceptors (Lipinski definition) is 5. The number of urea groups is 1. The van der Waals surface area contributed by atoms with Crippen LogP contribution in [-0.4, -0.2) is 90.9 Å². The molecule has 0 aliphatic carbocycles. The van der Waals surface area contributed by atoms with Gasteiger partial charge in [-0.05, 0) is 19.1 Å². The van der Waals surface area contributed by atoms with Crippen molar-refractivity contribution in [2.75, 3.05) is 38.7 Å². The van der Waals surface area contributed by atoms with Crippen molar-refractivity contribution in [1.29, 1.82) is 0 Å². The molecule has 3 amide bonds. The molecule has 0 unspecified atom stereocenters. The Bertz CT molecular complexity index is 852. The van der Waals surface area contributed by atoms with E-state index in [1.165, 1.54) is 15.9 Å². The summed E-state index contributed by atoms with van der Waals surface area (Å²) in [5.41, 5.74) is 0.808. The molecule has 0 bridgehead atoms. The second-order valence-electron chi connectivity index (χ2n) is 7.03. The van der Waals surface area contributed by atoms with Crippen molar-refractivity contribution in [3.8, 4) is 5.75 Å². The van der Waals surface area contributed by atoms with Gasteiger partial charge in [0, 0.05) is 38.3 Å². The molecule has 8 nitrogen and oxygen atoms in total. The molecule has 2 aliphatic rings. The lowest BCUT2D eigenvalue weighted by molar-refractivity contribution is 0.0392. The van der Waals surface area contributed by atoms with Crippen LogP contribution in [0.1, 0.15) is 15.9 Å². The molecule has 1 aromatic carbocycles. The molecule has 9 heteroatoms. The van der Waals surface area contributed by atoms with Crippen LogP contribution >= 0.6 is 0 Å². The van der Waals surface area contributed by atoms with Gasteiger partial charge in [0.15, 0.2) is 9.84 Å². The average molecular weight is 381 g/mol. The van der Waals surface area contributed by atoms with Crippen LogP contribution in [0, 0.1) is 6.92 Å². The fourth-order valence-electron chi connectivity index (χ4n) is 3.71. The zero-order valence-corrected chi connectivity index (χ0v) is 15.9. The van der Waals surface area contributed by atoms with E-state index in [1.807, 2.05) is 0 Å². The Morgan fingerprint density at radius 1 is 1.12 bits per heavy atom. The van der Waals surface area contributed by atoms with Gasteiger partial charge in [-0.2, -0.15) is 0 Å². The van der Waals surface area contributed by atoms with E-state index in [9.17, 15) is 23.1 Å². The standard InChI is InChI=1S/C17H23N3O5S/c1-11-12(5-4-6-15(11)21)16(22)19-7-8-20(17(23)18(2)3)14-10-26(24,25)9-13(14)19/h4-6,13-14,21H,7-10H2,1-3H3/t13-,14+/m1/s1. The van der Waals surface area contributed by atoms with Crippen molar-refractivity contribution in [3.05, 3.63) is 29.3 Å². The fourth-order valence-corrected chi connectivity index (χ4v) is 5.69. The zero-order chi connectivity index (χ0) is 19.2. The van der Waals surface area contributed by atoms with Crippen LogP contribution in [0.25, 0.3) is 0 Å². The molecule has 0 saturated carbocycles. The van der Waals surface area contributed by atoms with Crippen LogP contribution in [0.3, 0.4) is 0 Å². The smallest absolute Gasteiger partial charge is 0.319 e. The van der Waals surface area contributed by atoms with Gasteiger partial charge in [-0.25, -0.2) is 13.2 Å². The quantitative estimate of drug-likeness (QED) is 0.755. The first kappa shape index (κ1) is 18.5. The van der Waals surface area contributed by atoms with Gasteiger partial charge in [0.1, 0.15) is 5.75 Å². The lowest BCUT2D eigenvalue weighted by Gasteiger charge is -2.44. The number of hydrogen-bond donors (Lipinski definition) is 1. The molecule has 0 radical (unpaired) electrons. The van der Waals surface area contributed by atoms with Crippen LogP contribution < -0.4 is 0 Å². The summed E-state index contributed by atoms with van der Waals surface area (Å²) in [5, 5.41) is 9.87. The molecule has 2 aliphatic heterocycles. The predicted molar refractivity (Wildman–Crippen MR) is 95.9 cm³/mol. The van der Waals surface area contributed by atoms with Gasteiger partial charge in [-0.3, -0.25) is 4.79 Å². The minimum atomic E-state index is -3.34. The number of benzene rings is 1.